The minimum Gasteiger partial charge on any atom is -0.495 e. The number of carbonyl (C=O) groups is 2. The number of amides is 2. The average Bonchev–Trinajstić information content (AvgIpc) is 3.07. The van der Waals surface area contributed by atoms with Gasteiger partial charge in [0, 0.05) is 30.8 Å². The summed E-state index contributed by atoms with van der Waals surface area (Å²) in [6.07, 6.45) is 1.23. The molecular formula is C20H21ClN2O5S. The van der Waals surface area contributed by atoms with Crippen LogP contribution >= 0.6 is 11.6 Å². The van der Waals surface area contributed by atoms with Crippen molar-refractivity contribution in [1.29, 1.82) is 0 Å². The van der Waals surface area contributed by atoms with Crippen molar-refractivity contribution in [1.82, 2.24) is 5.32 Å². The highest BCUT2D eigenvalue weighted by Gasteiger charge is 2.36. The Morgan fingerprint density at radius 3 is 2.55 bits per heavy atom. The van der Waals surface area contributed by atoms with E-state index in [4.69, 9.17) is 16.3 Å². The number of benzene rings is 2. The van der Waals surface area contributed by atoms with Crippen LogP contribution in [0.4, 0.5) is 5.69 Å². The number of halogens is 1. The Bertz CT molecular complexity index is 1040. The second-order valence-corrected chi connectivity index (χ2v) is 9.31. The minimum atomic E-state index is -3.26. The molecule has 1 aliphatic rings. The summed E-state index contributed by atoms with van der Waals surface area (Å²) in [6.45, 7) is 0.475. The number of nitrogens with one attached hydrogen (secondary N) is 1. The lowest BCUT2D eigenvalue weighted by molar-refractivity contribution is -0.126. The normalized spacial score (nSPS) is 16.7. The minimum absolute atomic E-state index is 0.0918. The van der Waals surface area contributed by atoms with Crippen molar-refractivity contribution in [2.75, 3.05) is 24.8 Å². The first kappa shape index (κ1) is 21.1. The summed E-state index contributed by atoms with van der Waals surface area (Å²) in [6, 6.07) is 11.3. The number of sulfone groups is 1. The van der Waals surface area contributed by atoms with E-state index in [2.05, 4.69) is 5.32 Å². The van der Waals surface area contributed by atoms with Crippen LogP contribution in [0, 0.1) is 5.92 Å². The molecule has 0 aromatic heterocycles. The predicted octanol–water partition coefficient (Wildman–Crippen LogP) is 2.42. The standard InChI is InChI=1S/C20H21ClN2O5S/c1-28-18-8-5-15(21)10-17(18)23-12-14(9-19(23)24)20(25)22-11-13-3-6-16(7-4-13)29(2,26)27/h3-8,10,14H,9,11-12H2,1-2H3,(H,22,25). The number of hydrogen-bond donors (Lipinski definition) is 1. The van der Waals surface area contributed by atoms with Crippen LogP contribution in [0.5, 0.6) is 5.75 Å². The monoisotopic (exact) mass is 436 g/mol. The smallest absolute Gasteiger partial charge is 0.227 e. The number of methoxy groups -OCH3 is 1. The lowest BCUT2D eigenvalue weighted by Crippen LogP contribution is -2.32. The van der Waals surface area contributed by atoms with Gasteiger partial charge in [-0.25, -0.2) is 8.42 Å². The molecule has 1 fully saturated rings. The lowest BCUT2D eigenvalue weighted by atomic mass is 10.1. The van der Waals surface area contributed by atoms with E-state index in [9.17, 15) is 18.0 Å². The molecule has 1 N–H and O–H groups in total. The summed E-state index contributed by atoms with van der Waals surface area (Å²) in [5.41, 5.74) is 1.31. The quantitative estimate of drug-likeness (QED) is 0.750. The van der Waals surface area contributed by atoms with Crippen molar-refractivity contribution in [3.05, 3.63) is 53.1 Å². The van der Waals surface area contributed by atoms with Gasteiger partial charge in [-0.1, -0.05) is 23.7 Å². The largest absolute Gasteiger partial charge is 0.495 e. The zero-order valence-corrected chi connectivity index (χ0v) is 17.6. The first-order valence-corrected chi connectivity index (χ1v) is 11.2. The molecule has 0 bridgehead atoms. The fraction of sp³-hybridized carbons (Fsp3) is 0.300. The van der Waals surface area contributed by atoms with Crippen LogP contribution in [0.3, 0.4) is 0 Å². The van der Waals surface area contributed by atoms with Crippen molar-refractivity contribution in [3.8, 4) is 5.75 Å². The Labute approximate surface area is 174 Å². The van der Waals surface area contributed by atoms with E-state index >= 15 is 0 Å². The average molecular weight is 437 g/mol. The molecule has 154 valence electrons. The number of anilines is 1. The fourth-order valence-corrected chi connectivity index (χ4v) is 3.97. The highest BCUT2D eigenvalue weighted by atomic mass is 35.5. The van der Waals surface area contributed by atoms with E-state index < -0.39 is 15.8 Å². The molecule has 1 atom stereocenters. The Morgan fingerprint density at radius 1 is 1.24 bits per heavy atom. The van der Waals surface area contributed by atoms with Gasteiger partial charge in [0.15, 0.2) is 9.84 Å². The number of rotatable bonds is 6. The molecule has 0 spiro atoms. The second kappa shape index (κ2) is 8.42. The molecule has 7 nitrogen and oxygen atoms in total. The van der Waals surface area contributed by atoms with E-state index in [0.717, 1.165) is 11.8 Å². The third-order valence-corrected chi connectivity index (χ3v) is 6.11. The molecule has 2 amide bonds. The van der Waals surface area contributed by atoms with Crippen molar-refractivity contribution in [3.63, 3.8) is 0 Å². The molecule has 2 aromatic carbocycles. The van der Waals surface area contributed by atoms with Crippen molar-refractivity contribution in [2.24, 2.45) is 5.92 Å². The molecule has 1 heterocycles. The van der Waals surface area contributed by atoms with Gasteiger partial charge in [0.1, 0.15) is 5.75 Å². The van der Waals surface area contributed by atoms with Gasteiger partial charge < -0.3 is 15.0 Å². The van der Waals surface area contributed by atoms with E-state index in [-0.39, 0.29) is 36.2 Å². The van der Waals surface area contributed by atoms with Crippen molar-refractivity contribution < 1.29 is 22.7 Å². The summed E-state index contributed by atoms with van der Waals surface area (Å²) in [7, 11) is -1.75. The Kier molecular flexibility index (Phi) is 6.14. The van der Waals surface area contributed by atoms with Crippen LogP contribution in [0.25, 0.3) is 0 Å². The van der Waals surface area contributed by atoms with Gasteiger partial charge in [-0.15, -0.1) is 0 Å². The molecule has 1 unspecified atom stereocenters. The molecule has 3 rings (SSSR count). The zero-order valence-electron chi connectivity index (χ0n) is 16.0. The Hall–Kier alpha value is -2.58. The third-order valence-electron chi connectivity index (χ3n) is 4.75. The van der Waals surface area contributed by atoms with Crippen molar-refractivity contribution >= 4 is 38.9 Å². The molecule has 0 aliphatic carbocycles. The lowest BCUT2D eigenvalue weighted by Gasteiger charge is -2.20. The van der Waals surface area contributed by atoms with E-state index in [1.54, 1.807) is 30.3 Å². The number of nitrogens with zero attached hydrogens (tertiary/aromatic N) is 1. The van der Waals surface area contributed by atoms with Crippen LogP contribution in [-0.4, -0.2) is 40.1 Å². The molecule has 0 radical (unpaired) electrons. The van der Waals surface area contributed by atoms with Gasteiger partial charge in [0.25, 0.3) is 0 Å². The highest BCUT2D eigenvalue weighted by Crippen LogP contribution is 2.35. The maximum Gasteiger partial charge on any atom is 0.227 e. The van der Waals surface area contributed by atoms with Crippen molar-refractivity contribution in [2.45, 2.75) is 17.9 Å². The van der Waals surface area contributed by atoms with Gasteiger partial charge in [0.05, 0.1) is 23.6 Å². The first-order valence-electron chi connectivity index (χ1n) is 8.89. The topological polar surface area (TPSA) is 92.8 Å². The number of ether oxygens (including phenoxy) is 1. The van der Waals surface area contributed by atoms with E-state index in [0.29, 0.717) is 16.5 Å². The maximum absolute atomic E-state index is 12.5. The molecule has 1 saturated heterocycles. The van der Waals surface area contributed by atoms with Gasteiger partial charge in [-0.2, -0.15) is 0 Å². The summed E-state index contributed by atoms with van der Waals surface area (Å²) in [5.74, 6) is -0.409. The molecule has 29 heavy (non-hydrogen) atoms. The van der Waals surface area contributed by atoms with Gasteiger partial charge >= 0.3 is 0 Å². The Morgan fingerprint density at radius 2 is 1.93 bits per heavy atom. The van der Waals surface area contributed by atoms with Crippen LogP contribution < -0.4 is 15.0 Å². The second-order valence-electron chi connectivity index (χ2n) is 6.86. The first-order chi connectivity index (χ1) is 13.7. The van der Waals surface area contributed by atoms with Crippen LogP contribution in [0.15, 0.2) is 47.4 Å². The molecule has 9 heteroatoms. The third kappa shape index (κ3) is 4.89. The SMILES string of the molecule is COc1ccc(Cl)cc1N1CC(C(=O)NCc2ccc(S(C)(=O)=O)cc2)CC1=O. The summed E-state index contributed by atoms with van der Waals surface area (Å²) in [5, 5.41) is 3.28. The zero-order chi connectivity index (χ0) is 21.2. The van der Waals surface area contributed by atoms with Crippen LogP contribution in [-0.2, 0) is 26.0 Å². The molecule has 1 aliphatic heterocycles. The van der Waals surface area contributed by atoms with Crippen LogP contribution in [0.2, 0.25) is 5.02 Å². The maximum atomic E-state index is 12.5. The predicted molar refractivity (Wildman–Crippen MR) is 110 cm³/mol. The number of hydrogen-bond acceptors (Lipinski definition) is 5. The highest BCUT2D eigenvalue weighted by molar-refractivity contribution is 7.90. The van der Waals surface area contributed by atoms with Gasteiger partial charge in [-0.05, 0) is 35.9 Å². The van der Waals surface area contributed by atoms with Gasteiger partial charge in [-0.3, -0.25) is 9.59 Å². The molecular weight excluding hydrogens is 416 g/mol. The van der Waals surface area contributed by atoms with Crippen LogP contribution in [0.1, 0.15) is 12.0 Å². The van der Waals surface area contributed by atoms with E-state index in [1.165, 1.54) is 24.1 Å². The Balaban J connectivity index is 1.64. The summed E-state index contributed by atoms with van der Waals surface area (Å²) >= 11 is 6.05. The summed E-state index contributed by atoms with van der Waals surface area (Å²) < 4.78 is 28.3. The molecule has 2 aromatic rings. The number of carbonyl (C=O) groups excluding carboxylic acids is 2. The fourth-order valence-electron chi connectivity index (χ4n) is 3.18. The van der Waals surface area contributed by atoms with Gasteiger partial charge in [0.2, 0.25) is 11.8 Å². The van der Waals surface area contributed by atoms with E-state index in [1.807, 2.05) is 0 Å². The summed E-state index contributed by atoms with van der Waals surface area (Å²) in [4.78, 5) is 26.7. The molecule has 0 saturated carbocycles.